The van der Waals surface area contributed by atoms with E-state index in [1.54, 1.807) is 12.1 Å². The van der Waals surface area contributed by atoms with E-state index >= 15 is 0 Å². The molecule has 0 bridgehead atoms. The molecule has 0 aromatic heterocycles. The molecular weight excluding hydrogens is 244 g/mol. The number of rotatable bonds is 7. The number of carbonyl (C=O) groups is 1. The summed E-state index contributed by atoms with van der Waals surface area (Å²) in [5, 5.41) is 15.6. The lowest BCUT2D eigenvalue weighted by Crippen LogP contribution is -2.34. The van der Waals surface area contributed by atoms with E-state index in [-0.39, 0.29) is 17.6 Å². The normalized spacial score (nSPS) is 10.5. The van der Waals surface area contributed by atoms with Crippen molar-refractivity contribution < 1.29 is 14.6 Å². The molecule has 1 rings (SSSR count). The van der Waals surface area contributed by atoms with Gasteiger partial charge in [0.05, 0.1) is 7.11 Å². The SMILES string of the molecule is COc1ccc(CNCCNC(=O)C(C)C)cc1O. The summed E-state index contributed by atoms with van der Waals surface area (Å²) >= 11 is 0. The number of nitrogens with one attached hydrogen (secondary N) is 2. The number of aromatic hydroxyl groups is 1. The summed E-state index contributed by atoms with van der Waals surface area (Å²) in [4.78, 5) is 11.3. The van der Waals surface area contributed by atoms with Gasteiger partial charge in [0, 0.05) is 25.6 Å². The lowest BCUT2D eigenvalue weighted by atomic mass is 10.2. The van der Waals surface area contributed by atoms with Gasteiger partial charge in [-0.25, -0.2) is 0 Å². The summed E-state index contributed by atoms with van der Waals surface area (Å²) in [5.41, 5.74) is 0.966. The number of hydrogen-bond acceptors (Lipinski definition) is 4. The molecule has 0 radical (unpaired) electrons. The van der Waals surface area contributed by atoms with E-state index in [2.05, 4.69) is 10.6 Å². The molecule has 0 aliphatic heterocycles. The van der Waals surface area contributed by atoms with Crippen molar-refractivity contribution in [1.29, 1.82) is 0 Å². The lowest BCUT2D eigenvalue weighted by molar-refractivity contribution is -0.123. The standard InChI is InChI=1S/C14H22N2O3/c1-10(2)14(18)16-7-6-15-9-11-4-5-13(19-3)12(17)8-11/h4-5,8,10,15,17H,6-7,9H2,1-3H3,(H,16,18). The fourth-order valence-electron chi connectivity index (χ4n) is 1.56. The number of phenols is 1. The van der Waals surface area contributed by atoms with Crippen molar-refractivity contribution in [2.24, 2.45) is 5.92 Å². The molecular formula is C14H22N2O3. The molecule has 0 saturated carbocycles. The summed E-state index contributed by atoms with van der Waals surface area (Å²) in [6, 6.07) is 5.28. The van der Waals surface area contributed by atoms with E-state index in [1.165, 1.54) is 7.11 Å². The summed E-state index contributed by atoms with van der Waals surface area (Å²) in [5.74, 6) is 0.672. The second-order valence-electron chi connectivity index (χ2n) is 4.63. The highest BCUT2D eigenvalue weighted by atomic mass is 16.5. The molecule has 1 aromatic rings. The van der Waals surface area contributed by atoms with E-state index in [1.807, 2.05) is 19.9 Å². The quantitative estimate of drug-likeness (QED) is 0.650. The van der Waals surface area contributed by atoms with Crippen molar-refractivity contribution in [2.45, 2.75) is 20.4 Å². The van der Waals surface area contributed by atoms with Crippen LogP contribution in [0.2, 0.25) is 0 Å². The van der Waals surface area contributed by atoms with E-state index < -0.39 is 0 Å². The minimum absolute atomic E-state index is 0.0125. The van der Waals surface area contributed by atoms with E-state index in [4.69, 9.17) is 4.74 Å². The van der Waals surface area contributed by atoms with Crippen LogP contribution in [-0.4, -0.2) is 31.2 Å². The van der Waals surface area contributed by atoms with Gasteiger partial charge in [0.1, 0.15) is 0 Å². The maximum Gasteiger partial charge on any atom is 0.222 e. The molecule has 5 heteroatoms. The Hall–Kier alpha value is -1.75. The van der Waals surface area contributed by atoms with E-state index in [0.717, 1.165) is 5.56 Å². The molecule has 106 valence electrons. The van der Waals surface area contributed by atoms with E-state index in [0.29, 0.717) is 25.4 Å². The molecule has 0 fully saturated rings. The second-order valence-corrected chi connectivity index (χ2v) is 4.63. The maximum absolute atomic E-state index is 11.3. The van der Waals surface area contributed by atoms with Crippen molar-refractivity contribution >= 4 is 5.91 Å². The third-order valence-corrected chi connectivity index (χ3v) is 2.70. The summed E-state index contributed by atoms with van der Waals surface area (Å²) in [6.45, 7) is 5.64. The molecule has 0 unspecified atom stereocenters. The van der Waals surface area contributed by atoms with Crippen LogP contribution in [0.5, 0.6) is 11.5 Å². The molecule has 0 aliphatic carbocycles. The molecule has 5 nitrogen and oxygen atoms in total. The first-order valence-electron chi connectivity index (χ1n) is 6.39. The number of ether oxygens (including phenoxy) is 1. The molecule has 0 heterocycles. The highest BCUT2D eigenvalue weighted by Crippen LogP contribution is 2.25. The predicted molar refractivity (Wildman–Crippen MR) is 74.2 cm³/mol. The first-order valence-corrected chi connectivity index (χ1v) is 6.39. The third kappa shape index (κ3) is 5.18. The van der Waals surface area contributed by atoms with Gasteiger partial charge in [-0.1, -0.05) is 19.9 Å². The van der Waals surface area contributed by atoms with Crippen LogP contribution >= 0.6 is 0 Å². The fraction of sp³-hybridized carbons (Fsp3) is 0.500. The van der Waals surface area contributed by atoms with Gasteiger partial charge in [-0.05, 0) is 17.7 Å². The van der Waals surface area contributed by atoms with Gasteiger partial charge in [-0.2, -0.15) is 0 Å². The topological polar surface area (TPSA) is 70.6 Å². The van der Waals surface area contributed by atoms with Crippen LogP contribution < -0.4 is 15.4 Å². The Morgan fingerprint density at radius 1 is 1.37 bits per heavy atom. The van der Waals surface area contributed by atoms with Crippen molar-refractivity contribution in [3.8, 4) is 11.5 Å². The molecule has 0 atom stereocenters. The number of methoxy groups -OCH3 is 1. The molecule has 1 aromatic carbocycles. The average Bonchev–Trinajstić information content (AvgIpc) is 2.38. The molecule has 0 aliphatic rings. The number of carbonyl (C=O) groups excluding carboxylic acids is 1. The summed E-state index contributed by atoms with van der Waals surface area (Å²) in [7, 11) is 1.52. The number of phenolic OH excluding ortho intramolecular Hbond substituents is 1. The van der Waals surface area contributed by atoms with Gasteiger partial charge in [-0.15, -0.1) is 0 Å². The van der Waals surface area contributed by atoms with Crippen molar-refractivity contribution in [3.05, 3.63) is 23.8 Å². The van der Waals surface area contributed by atoms with Crippen LogP contribution in [0.15, 0.2) is 18.2 Å². The first kappa shape index (κ1) is 15.3. The van der Waals surface area contributed by atoms with Gasteiger partial charge in [0.15, 0.2) is 11.5 Å². The minimum atomic E-state index is 0.0125. The fourth-order valence-corrected chi connectivity index (χ4v) is 1.56. The Labute approximate surface area is 114 Å². The van der Waals surface area contributed by atoms with E-state index in [9.17, 15) is 9.90 Å². The zero-order chi connectivity index (χ0) is 14.3. The highest BCUT2D eigenvalue weighted by molar-refractivity contribution is 5.77. The lowest BCUT2D eigenvalue weighted by Gasteiger charge is -2.09. The Kier molecular flexibility index (Phi) is 6.15. The van der Waals surface area contributed by atoms with Crippen LogP contribution in [-0.2, 0) is 11.3 Å². The van der Waals surface area contributed by atoms with Crippen LogP contribution in [0.1, 0.15) is 19.4 Å². The molecule has 1 amide bonds. The van der Waals surface area contributed by atoms with Gasteiger partial charge in [-0.3, -0.25) is 4.79 Å². The van der Waals surface area contributed by atoms with Crippen molar-refractivity contribution in [3.63, 3.8) is 0 Å². The predicted octanol–water partition coefficient (Wildman–Crippen LogP) is 1.26. The Bertz CT molecular complexity index is 419. The third-order valence-electron chi connectivity index (χ3n) is 2.70. The van der Waals surface area contributed by atoms with Crippen LogP contribution in [0.4, 0.5) is 0 Å². The Morgan fingerprint density at radius 2 is 2.11 bits per heavy atom. The first-order chi connectivity index (χ1) is 9.04. The van der Waals surface area contributed by atoms with Crippen LogP contribution in [0, 0.1) is 5.92 Å². The zero-order valence-corrected chi connectivity index (χ0v) is 11.7. The number of amides is 1. The van der Waals surface area contributed by atoms with Gasteiger partial charge in [0.2, 0.25) is 5.91 Å². The average molecular weight is 266 g/mol. The highest BCUT2D eigenvalue weighted by Gasteiger charge is 2.05. The van der Waals surface area contributed by atoms with Crippen LogP contribution in [0.25, 0.3) is 0 Å². The smallest absolute Gasteiger partial charge is 0.222 e. The van der Waals surface area contributed by atoms with Gasteiger partial charge < -0.3 is 20.5 Å². The Balaban J connectivity index is 2.26. The second kappa shape index (κ2) is 7.63. The molecule has 3 N–H and O–H groups in total. The monoisotopic (exact) mass is 266 g/mol. The molecule has 0 spiro atoms. The van der Waals surface area contributed by atoms with Crippen LogP contribution in [0.3, 0.4) is 0 Å². The summed E-state index contributed by atoms with van der Waals surface area (Å²) < 4.78 is 4.97. The largest absolute Gasteiger partial charge is 0.504 e. The number of hydrogen-bond donors (Lipinski definition) is 3. The zero-order valence-electron chi connectivity index (χ0n) is 11.7. The number of benzene rings is 1. The van der Waals surface area contributed by atoms with Crippen molar-refractivity contribution in [2.75, 3.05) is 20.2 Å². The Morgan fingerprint density at radius 3 is 2.68 bits per heavy atom. The van der Waals surface area contributed by atoms with Gasteiger partial charge >= 0.3 is 0 Å². The maximum atomic E-state index is 11.3. The van der Waals surface area contributed by atoms with Crippen molar-refractivity contribution in [1.82, 2.24) is 10.6 Å². The molecule has 0 saturated heterocycles. The minimum Gasteiger partial charge on any atom is -0.504 e. The summed E-state index contributed by atoms with van der Waals surface area (Å²) in [6.07, 6.45) is 0. The van der Waals surface area contributed by atoms with Gasteiger partial charge in [0.25, 0.3) is 0 Å². The molecule has 19 heavy (non-hydrogen) atoms.